The molecule has 1 aliphatic rings. The highest BCUT2D eigenvalue weighted by Gasteiger charge is 2.24. The number of hydrogen-bond acceptors (Lipinski definition) is 5. The maximum atomic E-state index is 12.4. The molecule has 2 N–H and O–H groups in total. The van der Waals surface area contributed by atoms with Crippen molar-refractivity contribution in [2.75, 3.05) is 45.2 Å². The number of amides is 2. The van der Waals surface area contributed by atoms with Gasteiger partial charge in [-0.25, -0.2) is 13.1 Å². The minimum Gasteiger partial charge on any atom is -0.354 e. The number of carbonyl (C=O) groups is 2. The van der Waals surface area contributed by atoms with E-state index in [1.807, 2.05) is 19.0 Å². The van der Waals surface area contributed by atoms with Gasteiger partial charge in [0, 0.05) is 32.2 Å². The first-order chi connectivity index (χ1) is 11.7. The predicted molar refractivity (Wildman–Crippen MR) is 94.9 cm³/mol. The molecule has 8 nitrogen and oxygen atoms in total. The molecule has 0 saturated heterocycles. The average molecular weight is 368 g/mol. The molecule has 0 aromatic heterocycles. The number of fused-ring (bicyclic) bond motifs is 1. The lowest BCUT2D eigenvalue weighted by atomic mass is 10.2. The fourth-order valence-electron chi connectivity index (χ4n) is 2.60. The molecule has 0 aliphatic carbocycles. The third kappa shape index (κ3) is 5.00. The summed E-state index contributed by atoms with van der Waals surface area (Å²) in [6.07, 6.45) is 0.614. The molecule has 1 aromatic carbocycles. The minimum absolute atomic E-state index is 0.0677. The number of carbonyl (C=O) groups excluding carboxylic acids is 2. The van der Waals surface area contributed by atoms with E-state index in [0.717, 1.165) is 11.3 Å². The van der Waals surface area contributed by atoms with Crippen molar-refractivity contribution in [2.24, 2.45) is 0 Å². The average Bonchev–Trinajstić information content (AvgIpc) is 2.96. The summed E-state index contributed by atoms with van der Waals surface area (Å²) < 4.78 is 27.0. The molecule has 0 spiro atoms. The van der Waals surface area contributed by atoms with Gasteiger partial charge in [-0.05, 0) is 44.3 Å². The summed E-state index contributed by atoms with van der Waals surface area (Å²) in [6.45, 7) is 2.85. The Morgan fingerprint density at radius 2 is 2.00 bits per heavy atom. The van der Waals surface area contributed by atoms with Gasteiger partial charge >= 0.3 is 0 Å². The van der Waals surface area contributed by atoms with Crippen LogP contribution in [0.25, 0.3) is 0 Å². The first-order valence-electron chi connectivity index (χ1n) is 8.03. The van der Waals surface area contributed by atoms with E-state index in [9.17, 15) is 18.0 Å². The Balaban J connectivity index is 1.99. The van der Waals surface area contributed by atoms with Gasteiger partial charge in [-0.3, -0.25) is 9.59 Å². The van der Waals surface area contributed by atoms with E-state index >= 15 is 0 Å². The number of benzene rings is 1. The van der Waals surface area contributed by atoms with Crippen molar-refractivity contribution in [1.29, 1.82) is 0 Å². The van der Waals surface area contributed by atoms with Crippen LogP contribution in [0.15, 0.2) is 23.1 Å². The number of hydrogen-bond donors (Lipinski definition) is 2. The monoisotopic (exact) mass is 368 g/mol. The number of likely N-dealkylation sites (N-methyl/N-ethyl adjacent to an activating group) is 1. The molecule has 25 heavy (non-hydrogen) atoms. The highest BCUT2D eigenvalue weighted by atomic mass is 32.2. The summed E-state index contributed by atoms with van der Waals surface area (Å²) in [5.74, 6) is -0.448. The lowest BCUT2D eigenvalue weighted by molar-refractivity contribution is -0.120. The number of nitrogens with zero attached hydrogens (tertiary/aromatic N) is 2. The van der Waals surface area contributed by atoms with Crippen molar-refractivity contribution >= 4 is 27.5 Å². The predicted octanol–water partition coefficient (Wildman–Crippen LogP) is -0.448. The van der Waals surface area contributed by atoms with Crippen LogP contribution in [0.2, 0.25) is 0 Å². The smallest absolute Gasteiger partial charge is 0.241 e. The molecule has 0 radical (unpaired) electrons. The molecule has 2 amide bonds. The van der Waals surface area contributed by atoms with Crippen LogP contribution in [-0.4, -0.2) is 65.4 Å². The molecule has 1 aliphatic heterocycles. The zero-order valence-electron chi connectivity index (χ0n) is 14.7. The Kier molecular flexibility index (Phi) is 6.15. The second kappa shape index (κ2) is 7.94. The van der Waals surface area contributed by atoms with Crippen molar-refractivity contribution in [1.82, 2.24) is 14.9 Å². The van der Waals surface area contributed by atoms with Crippen LogP contribution < -0.4 is 14.9 Å². The van der Waals surface area contributed by atoms with Gasteiger partial charge in [-0.1, -0.05) is 0 Å². The molecule has 0 atom stereocenters. The van der Waals surface area contributed by atoms with Gasteiger partial charge < -0.3 is 15.1 Å². The van der Waals surface area contributed by atoms with Crippen LogP contribution in [0.4, 0.5) is 5.69 Å². The van der Waals surface area contributed by atoms with Gasteiger partial charge in [0.2, 0.25) is 21.8 Å². The molecule has 0 saturated carbocycles. The van der Waals surface area contributed by atoms with Gasteiger partial charge in [-0.15, -0.1) is 0 Å². The fraction of sp³-hybridized carbons (Fsp3) is 0.500. The molecular weight excluding hydrogens is 344 g/mol. The first kappa shape index (κ1) is 19.4. The van der Waals surface area contributed by atoms with E-state index in [2.05, 4.69) is 10.0 Å². The topological polar surface area (TPSA) is 98.8 Å². The fourth-order valence-corrected chi connectivity index (χ4v) is 3.63. The number of nitrogens with one attached hydrogen (secondary N) is 2. The maximum absolute atomic E-state index is 12.4. The Labute approximate surface area is 148 Å². The normalized spacial score (nSPS) is 13.8. The lowest BCUT2D eigenvalue weighted by Gasteiger charge is -2.15. The van der Waals surface area contributed by atoms with Crippen LogP contribution in [0.5, 0.6) is 0 Å². The van der Waals surface area contributed by atoms with Gasteiger partial charge in [0.15, 0.2) is 0 Å². The number of sulfonamides is 1. The minimum atomic E-state index is -3.78. The number of rotatable bonds is 7. The summed E-state index contributed by atoms with van der Waals surface area (Å²) >= 11 is 0. The summed E-state index contributed by atoms with van der Waals surface area (Å²) in [5, 5.41) is 2.65. The van der Waals surface area contributed by atoms with Crippen molar-refractivity contribution in [2.45, 2.75) is 18.2 Å². The van der Waals surface area contributed by atoms with Gasteiger partial charge in [-0.2, -0.15) is 0 Å². The molecule has 0 fully saturated rings. The summed E-state index contributed by atoms with van der Waals surface area (Å²) in [5.41, 5.74) is 1.56. The Morgan fingerprint density at radius 1 is 1.28 bits per heavy atom. The van der Waals surface area contributed by atoms with Crippen molar-refractivity contribution in [3.63, 3.8) is 0 Å². The third-order valence-electron chi connectivity index (χ3n) is 3.94. The molecule has 0 unspecified atom stereocenters. The lowest BCUT2D eigenvalue weighted by Crippen LogP contribution is -2.39. The Morgan fingerprint density at radius 3 is 2.64 bits per heavy atom. The van der Waals surface area contributed by atoms with E-state index in [1.165, 1.54) is 13.0 Å². The van der Waals surface area contributed by atoms with Gasteiger partial charge in [0.05, 0.1) is 11.4 Å². The maximum Gasteiger partial charge on any atom is 0.241 e. The molecule has 9 heteroatoms. The van der Waals surface area contributed by atoms with E-state index < -0.39 is 10.0 Å². The van der Waals surface area contributed by atoms with E-state index in [0.29, 0.717) is 26.1 Å². The molecule has 138 valence electrons. The summed E-state index contributed by atoms with van der Waals surface area (Å²) in [4.78, 5) is 26.9. The van der Waals surface area contributed by atoms with Crippen LogP contribution in [0.3, 0.4) is 0 Å². The van der Waals surface area contributed by atoms with Crippen LogP contribution in [0.1, 0.15) is 12.5 Å². The second-order valence-electron chi connectivity index (χ2n) is 6.19. The number of anilines is 1. The largest absolute Gasteiger partial charge is 0.354 e. The zero-order chi connectivity index (χ0) is 18.6. The Hall–Kier alpha value is -1.97. The third-order valence-corrected chi connectivity index (χ3v) is 5.34. The van der Waals surface area contributed by atoms with Crippen LogP contribution in [0, 0.1) is 0 Å². The SMILES string of the molecule is CC(=O)N1CCc2cc(S(=O)(=O)NCC(=O)NCCN(C)C)ccc21. The van der Waals surface area contributed by atoms with Crippen molar-refractivity contribution < 1.29 is 18.0 Å². The molecule has 1 heterocycles. The molecule has 2 rings (SSSR count). The summed E-state index contributed by atoms with van der Waals surface area (Å²) in [7, 11) is -0.0110. The molecular formula is C16H24N4O4S. The van der Waals surface area contributed by atoms with Gasteiger partial charge in [0.1, 0.15) is 0 Å². The quantitative estimate of drug-likeness (QED) is 0.679. The molecule has 1 aromatic rings. The van der Waals surface area contributed by atoms with E-state index in [4.69, 9.17) is 0 Å². The van der Waals surface area contributed by atoms with Crippen molar-refractivity contribution in [3.8, 4) is 0 Å². The van der Waals surface area contributed by atoms with Gasteiger partial charge in [0.25, 0.3) is 0 Å². The molecule has 0 bridgehead atoms. The standard InChI is InChI=1S/C16H24N4O4S/c1-12(21)20-8-6-13-10-14(4-5-15(13)20)25(23,24)18-11-16(22)17-7-9-19(2)3/h4-5,10,18H,6-9,11H2,1-3H3,(H,17,22). The second-order valence-corrected chi connectivity index (χ2v) is 7.96. The first-order valence-corrected chi connectivity index (χ1v) is 9.51. The van der Waals surface area contributed by atoms with Crippen LogP contribution in [-0.2, 0) is 26.0 Å². The highest BCUT2D eigenvalue weighted by Crippen LogP contribution is 2.30. The Bertz CT molecular complexity index is 761. The van der Waals surface area contributed by atoms with E-state index in [-0.39, 0.29) is 23.3 Å². The van der Waals surface area contributed by atoms with Crippen LogP contribution >= 0.6 is 0 Å². The zero-order valence-corrected chi connectivity index (χ0v) is 15.5. The van der Waals surface area contributed by atoms with E-state index in [1.54, 1.807) is 17.0 Å². The summed E-state index contributed by atoms with van der Waals surface area (Å²) in [6, 6.07) is 4.65. The highest BCUT2D eigenvalue weighted by molar-refractivity contribution is 7.89. The van der Waals surface area contributed by atoms with Crippen molar-refractivity contribution in [3.05, 3.63) is 23.8 Å².